The van der Waals surface area contributed by atoms with Crippen molar-refractivity contribution in [2.24, 2.45) is 0 Å². The number of unbranched alkanes of at least 4 members (excludes halogenated alkanes) is 24. The summed E-state index contributed by atoms with van der Waals surface area (Å²) in [6.45, 7) is 4.49. The molecule has 0 saturated heterocycles. The van der Waals surface area contributed by atoms with Crippen molar-refractivity contribution in [3.8, 4) is 0 Å². The Kier molecular flexibility index (Phi) is 33.5. The Morgan fingerprint density at radius 3 is 0.889 bits per heavy atom. The Hall–Kier alpha value is -0.780. The average molecular weight is 501 g/mol. The van der Waals surface area contributed by atoms with Crippen LogP contribution in [-0.4, -0.2) is 0 Å². The molecule has 0 fully saturated rings. The predicted molar refractivity (Wildman–Crippen MR) is 168 cm³/mol. The summed E-state index contributed by atoms with van der Waals surface area (Å²) in [7, 11) is 0. The van der Waals surface area contributed by atoms with Gasteiger partial charge in [-0.25, -0.2) is 0 Å². The molecule has 0 heteroatoms. The van der Waals surface area contributed by atoms with Crippen LogP contribution in [0.1, 0.15) is 194 Å². The van der Waals surface area contributed by atoms with Crippen LogP contribution in [-0.2, 0) is 0 Å². The quantitative estimate of drug-likeness (QED) is 0.0679. The van der Waals surface area contributed by atoms with Crippen molar-refractivity contribution < 1.29 is 0 Å². The molecule has 0 rings (SSSR count). The van der Waals surface area contributed by atoms with Gasteiger partial charge in [0.1, 0.15) is 0 Å². The third-order valence-corrected chi connectivity index (χ3v) is 7.50. The molecule has 0 aliphatic heterocycles. The van der Waals surface area contributed by atoms with Crippen LogP contribution in [0.4, 0.5) is 0 Å². The Morgan fingerprint density at radius 1 is 0.278 bits per heavy atom. The van der Waals surface area contributed by atoms with Crippen molar-refractivity contribution in [1.82, 2.24) is 0 Å². The molecule has 0 aliphatic rings. The zero-order valence-corrected chi connectivity index (χ0v) is 25.3. The molecule has 0 aliphatic carbocycles. The molecule has 0 amide bonds. The van der Waals surface area contributed by atoms with Gasteiger partial charge in [0.05, 0.1) is 0 Å². The monoisotopic (exact) mass is 501 g/mol. The van der Waals surface area contributed by atoms with Gasteiger partial charge in [0, 0.05) is 0 Å². The third kappa shape index (κ3) is 33.2. The Morgan fingerprint density at radius 2 is 0.556 bits per heavy atom. The van der Waals surface area contributed by atoms with Gasteiger partial charge in [0.15, 0.2) is 0 Å². The van der Waals surface area contributed by atoms with Crippen molar-refractivity contribution in [3.63, 3.8) is 0 Å². The first-order valence-corrected chi connectivity index (χ1v) is 16.9. The fraction of sp³-hybridized carbons (Fsp3) is 0.833. The highest BCUT2D eigenvalue weighted by Crippen LogP contribution is 2.15. The van der Waals surface area contributed by atoms with Crippen molar-refractivity contribution in [3.05, 3.63) is 36.5 Å². The molecule has 0 atom stereocenters. The van der Waals surface area contributed by atoms with E-state index >= 15 is 0 Å². The number of allylic oxidation sites excluding steroid dienone is 6. The van der Waals surface area contributed by atoms with Gasteiger partial charge in [-0.05, 0) is 32.1 Å². The molecule has 0 N–H and O–H groups in total. The SMILES string of the molecule is CCC=CCC=CCC=CCCCCCCCCCCCCCCCCCCCCCCCCCC. The van der Waals surface area contributed by atoms with Gasteiger partial charge < -0.3 is 0 Å². The maximum atomic E-state index is 2.38. The van der Waals surface area contributed by atoms with Crippen molar-refractivity contribution >= 4 is 0 Å². The molecule has 0 heterocycles. The zero-order valence-electron chi connectivity index (χ0n) is 25.3. The van der Waals surface area contributed by atoms with Crippen LogP contribution in [0.3, 0.4) is 0 Å². The first kappa shape index (κ1) is 35.2. The molecule has 0 unspecified atom stereocenters. The smallest absolute Gasteiger partial charge is 0.0169 e. The van der Waals surface area contributed by atoms with Crippen molar-refractivity contribution in [2.75, 3.05) is 0 Å². The summed E-state index contributed by atoms with van der Waals surface area (Å²) >= 11 is 0. The first-order chi connectivity index (χ1) is 17.9. The topological polar surface area (TPSA) is 0 Å². The van der Waals surface area contributed by atoms with Gasteiger partial charge in [-0.2, -0.15) is 0 Å². The van der Waals surface area contributed by atoms with E-state index in [9.17, 15) is 0 Å². The zero-order chi connectivity index (χ0) is 26.0. The van der Waals surface area contributed by atoms with E-state index in [1.807, 2.05) is 0 Å². The number of rotatable bonds is 30. The summed E-state index contributed by atoms with van der Waals surface area (Å²) in [6, 6.07) is 0. The van der Waals surface area contributed by atoms with E-state index in [2.05, 4.69) is 50.3 Å². The van der Waals surface area contributed by atoms with Crippen LogP contribution in [0.15, 0.2) is 36.5 Å². The molecule has 0 aromatic carbocycles. The summed E-state index contributed by atoms with van der Waals surface area (Å²) in [5.74, 6) is 0. The van der Waals surface area contributed by atoms with E-state index in [0.29, 0.717) is 0 Å². The van der Waals surface area contributed by atoms with Gasteiger partial charge in [0.25, 0.3) is 0 Å². The lowest BCUT2D eigenvalue weighted by Gasteiger charge is -2.04. The summed E-state index contributed by atoms with van der Waals surface area (Å²) in [5, 5.41) is 0. The summed E-state index contributed by atoms with van der Waals surface area (Å²) in [4.78, 5) is 0. The molecule has 0 aromatic rings. The van der Waals surface area contributed by atoms with Gasteiger partial charge >= 0.3 is 0 Å². The molecule has 36 heavy (non-hydrogen) atoms. The van der Waals surface area contributed by atoms with Gasteiger partial charge in [-0.1, -0.05) is 198 Å². The fourth-order valence-electron chi connectivity index (χ4n) is 5.05. The van der Waals surface area contributed by atoms with Crippen LogP contribution in [0, 0.1) is 0 Å². The summed E-state index contributed by atoms with van der Waals surface area (Å²) in [6.07, 6.45) is 53.5. The van der Waals surface area contributed by atoms with Gasteiger partial charge in [-0.3, -0.25) is 0 Å². The summed E-state index contributed by atoms with van der Waals surface area (Å²) < 4.78 is 0. The standard InChI is InChI=1S/C36H68/c1-3-5-7-9-11-13-15-17-19-21-23-25-27-29-31-33-35-36-34-32-30-28-26-24-22-20-18-16-14-12-10-8-6-4-2/h5,7,11,13,17,19H,3-4,6,8-10,12,14-16,18,20-36H2,1-2H3. The molecule has 0 spiro atoms. The van der Waals surface area contributed by atoms with Crippen LogP contribution in [0.2, 0.25) is 0 Å². The van der Waals surface area contributed by atoms with E-state index in [0.717, 1.165) is 19.3 Å². The largest absolute Gasteiger partial charge is 0.0885 e. The molecular weight excluding hydrogens is 432 g/mol. The second-order valence-corrected chi connectivity index (χ2v) is 11.2. The van der Waals surface area contributed by atoms with E-state index in [1.54, 1.807) is 0 Å². The third-order valence-electron chi connectivity index (χ3n) is 7.50. The van der Waals surface area contributed by atoms with E-state index in [-0.39, 0.29) is 0 Å². The molecular formula is C36H68. The number of hydrogen-bond donors (Lipinski definition) is 0. The Balaban J connectivity index is 3.10. The molecule has 212 valence electrons. The van der Waals surface area contributed by atoms with Gasteiger partial charge in [0.2, 0.25) is 0 Å². The minimum absolute atomic E-state index is 1.08. The van der Waals surface area contributed by atoms with E-state index in [1.165, 1.54) is 161 Å². The lowest BCUT2D eigenvalue weighted by atomic mass is 10.0. The first-order valence-electron chi connectivity index (χ1n) is 16.9. The molecule has 0 nitrogen and oxygen atoms in total. The second-order valence-electron chi connectivity index (χ2n) is 11.2. The molecule has 0 bridgehead atoms. The minimum Gasteiger partial charge on any atom is -0.0885 e. The van der Waals surface area contributed by atoms with Crippen molar-refractivity contribution in [2.45, 2.75) is 194 Å². The molecule has 0 radical (unpaired) electrons. The second kappa shape index (κ2) is 34.2. The summed E-state index contributed by atoms with van der Waals surface area (Å²) in [5.41, 5.74) is 0. The van der Waals surface area contributed by atoms with E-state index < -0.39 is 0 Å². The lowest BCUT2D eigenvalue weighted by Crippen LogP contribution is -1.84. The number of hydrogen-bond acceptors (Lipinski definition) is 0. The van der Waals surface area contributed by atoms with Crippen LogP contribution in [0.25, 0.3) is 0 Å². The Bertz CT molecular complexity index is 455. The highest BCUT2D eigenvalue weighted by Gasteiger charge is 1.96. The van der Waals surface area contributed by atoms with Crippen LogP contribution in [0.5, 0.6) is 0 Å². The fourth-order valence-corrected chi connectivity index (χ4v) is 5.05. The Labute approximate surface area is 229 Å². The van der Waals surface area contributed by atoms with Crippen LogP contribution < -0.4 is 0 Å². The van der Waals surface area contributed by atoms with Gasteiger partial charge in [-0.15, -0.1) is 0 Å². The van der Waals surface area contributed by atoms with Crippen molar-refractivity contribution in [1.29, 1.82) is 0 Å². The molecule has 0 saturated carbocycles. The van der Waals surface area contributed by atoms with Crippen LogP contribution >= 0.6 is 0 Å². The normalized spacial score (nSPS) is 12.2. The molecule has 0 aromatic heterocycles. The highest BCUT2D eigenvalue weighted by molar-refractivity contribution is 4.96. The van der Waals surface area contributed by atoms with E-state index in [4.69, 9.17) is 0 Å². The average Bonchev–Trinajstić information content (AvgIpc) is 2.89. The predicted octanol–water partition coefficient (Wildman–Crippen LogP) is 13.6. The maximum absolute atomic E-state index is 2.38. The highest BCUT2D eigenvalue weighted by atomic mass is 14.0. The maximum Gasteiger partial charge on any atom is -0.0169 e. The minimum atomic E-state index is 1.08. The lowest BCUT2D eigenvalue weighted by molar-refractivity contribution is 0.517.